The van der Waals surface area contributed by atoms with E-state index in [0.29, 0.717) is 35.3 Å². The summed E-state index contributed by atoms with van der Waals surface area (Å²) in [5.74, 6) is 8.20. The number of benzene rings is 12. The molecule has 0 saturated heterocycles. The van der Waals surface area contributed by atoms with Gasteiger partial charge >= 0.3 is 0 Å². The molecule has 0 saturated carbocycles. The number of rotatable bonds is 20. The van der Waals surface area contributed by atoms with Crippen molar-refractivity contribution in [2.24, 2.45) is 0 Å². The van der Waals surface area contributed by atoms with E-state index < -0.39 is 0 Å². The summed E-state index contributed by atoms with van der Waals surface area (Å²) >= 11 is 0. The lowest BCUT2D eigenvalue weighted by atomic mass is 10.1. The van der Waals surface area contributed by atoms with E-state index >= 15 is 0 Å². The normalized spacial score (nSPS) is 10.6. The van der Waals surface area contributed by atoms with Crippen LogP contribution in [0.1, 0.15) is 16.8 Å². The fourth-order valence-corrected chi connectivity index (χ4v) is 13.5. The van der Waals surface area contributed by atoms with Gasteiger partial charge in [0.05, 0.1) is 46.3 Å². The van der Waals surface area contributed by atoms with Crippen LogP contribution in [0.5, 0.6) is 5.75 Å². The number of anilines is 9. The van der Waals surface area contributed by atoms with Crippen LogP contribution in [0.4, 0.5) is 51.8 Å². The molecule has 0 unspecified atom stereocenters. The fraction of sp³-hybridized carbons (Fsp3) is 0.0485. The van der Waals surface area contributed by atoms with E-state index in [-0.39, 0.29) is 6.61 Å². The Labute approximate surface area is 716 Å². The molecule has 0 fully saturated rings. The zero-order valence-electron chi connectivity index (χ0n) is 67.4. The van der Waals surface area contributed by atoms with Gasteiger partial charge in [-0.25, -0.2) is 49.8 Å². The number of fused-ring (bicyclic) bond motifs is 5. The largest absolute Gasteiger partial charge is 0.497 e. The molecule has 12 aromatic carbocycles. The molecule has 8 heterocycles. The number of para-hydroxylation sites is 5. The summed E-state index contributed by atoms with van der Waals surface area (Å²) in [5.41, 5.74) is 15.8. The van der Waals surface area contributed by atoms with Crippen LogP contribution < -0.4 is 31.3 Å². The number of aromatic nitrogens is 13. The van der Waals surface area contributed by atoms with E-state index in [1.165, 1.54) is 0 Å². The third kappa shape index (κ3) is 20.9. The molecule has 0 aliphatic heterocycles. The number of ether oxygens (including phenoxy) is 1. The minimum atomic E-state index is 0.157. The molecule has 0 aliphatic rings. The molecule has 0 atom stereocenters. The number of aliphatic hydroxyl groups is 1. The molecule has 20 rings (SSSR count). The second kappa shape index (κ2) is 40.5. The first kappa shape index (κ1) is 80.8. The molecule has 0 radical (unpaired) electrons. The molecule has 21 heteroatoms. The highest BCUT2D eigenvalue weighted by molar-refractivity contribution is 5.96. The van der Waals surface area contributed by atoms with E-state index in [1.807, 2.05) is 352 Å². The monoisotopic (exact) mass is 1620 g/mol. The highest BCUT2D eigenvalue weighted by Crippen LogP contribution is 2.34. The number of methoxy groups -OCH3 is 1. The van der Waals surface area contributed by atoms with E-state index in [4.69, 9.17) is 55.0 Å². The van der Waals surface area contributed by atoms with Crippen LogP contribution in [-0.4, -0.2) is 90.2 Å². The molecular formula is C103H81N19O2. The van der Waals surface area contributed by atoms with Crippen molar-refractivity contribution in [1.82, 2.24) is 64.8 Å². The Morgan fingerprint density at radius 1 is 0.298 bits per heavy atom. The number of nitrogens with zero attached hydrogens (tertiary/aromatic N) is 14. The van der Waals surface area contributed by atoms with E-state index in [9.17, 15) is 0 Å². The van der Waals surface area contributed by atoms with Crippen molar-refractivity contribution in [3.05, 3.63) is 406 Å². The van der Waals surface area contributed by atoms with Gasteiger partial charge in [-0.05, 0) is 164 Å². The average Bonchev–Trinajstić information content (AvgIpc) is 0.811. The molecule has 20 aromatic rings. The Morgan fingerprint density at radius 2 is 0.637 bits per heavy atom. The summed E-state index contributed by atoms with van der Waals surface area (Å²) in [6.45, 7) is 0.927. The summed E-state index contributed by atoms with van der Waals surface area (Å²) in [7, 11) is 1.65. The van der Waals surface area contributed by atoms with Gasteiger partial charge in [0.15, 0.2) is 29.1 Å². The molecule has 8 aromatic heterocycles. The minimum Gasteiger partial charge on any atom is -0.497 e. The topological polar surface area (TPSA) is 281 Å². The highest BCUT2D eigenvalue weighted by Gasteiger charge is 2.17. The Hall–Kier alpha value is -17.0. The first-order chi connectivity index (χ1) is 61.3. The van der Waals surface area contributed by atoms with Gasteiger partial charge in [-0.15, -0.1) is 0 Å². The maximum absolute atomic E-state index is 9.09. The highest BCUT2D eigenvalue weighted by atomic mass is 16.5. The van der Waals surface area contributed by atoms with Crippen LogP contribution in [-0.2, 0) is 12.8 Å². The quantitative estimate of drug-likeness (QED) is 0.0413. The third-order valence-corrected chi connectivity index (χ3v) is 19.6. The summed E-state index contributed by atoms with van der Waals surface area (Å²) in [6.07, 6.45) is 10.3. The maximum Gasteiger partial charge on any atom is 0.162 e. The van der Waals surface area contributed by atoms with E-state index in [1.54, 1.807) is 44.0 Å². The lowest BCUT2D eigenvalue weighted by molar-refractivity contribution is 0.299. The first-order valence-electron chi connectivity index (χ1n) is 40.2. The lowest BCUT2D eigenvalue weighted by Crippen LogP contribution is -2.08. The van der Waals surface area contributed by atoms with Crippen LogP contribution in [0.3, 0.4) is 0 Å². The zero-order valence-corrected chi connectivity index (χ0v) is 67.4. The van der Waals surface area contributed by atoms with Gasteiger partial charge in [0.1, 0.15) is 34.8 Å². The van der Waals surface area contributed by atoms with Crippen molar-refractivity contribution in [3.8, 4) is 68.8 Å². The van der Waals surface area contributed by atoms with Gasteiger partial charge in [-0.2, -0.15) is 5.26 Å². The Kier molecular flexibility index (Phi) is 26.4. The molecule has 0 amide bonds. The standard InChI is InChI=1S/C22H19N3O.C21H14N4.C21H18N4.C20H16N4O.C19H14N4/c26-15-14-16-10-12-18(13-11-16)23-22-19-8-4-5-9-20(19)24-21(25-22)17-6-2-1-3-7-17;22-14-15-7-6-10-17(13-15)23-21-18-11-4-5-12-19(18)24-20(25-21)16-8-2-1-3-9-16;1-2-8-16(9-3-1)20-24-19-12-5-4-11-18(19)21(25-20)23-15-13-17-10-6-7-14-22-17;1-25-16-8-6-14(7-9-16)19-23-18-5-3-2-4-17(18)20(24-19)22-15-10-12-21-13-11-15;1-2-6-14(7-3-1)18-22-17-9-5-4-8-16(17)19(23-18)21-15-10-12-20-13-11-15/h1-13,26H,14-15H2,(H,23,24,25);1-13H,(H,23,24,25);1-12,14H,13,15H2,(H,23,24,25);2-13H,1H3,(H,21,22,23,24);1-13H,(H,20,21,22,23). The van der Waals surface area contributed by atoms with Gasteiger partial charge in [0.25, 0.3) is 0 Å². The van der Waals surface area contributed by atoms with Crippen molar-refractivity contribution in [2.45, 2.75) is 12.8 Å². The lowest BCUT2D eigenvalue weighted by Gasteiger charge is -2.11. The molecular weight excluding hydrogens is 1540 g/mol. The number of aliphatic hydroxyl groups excluding tert-OH is 1. The molecule has 124 heavy (non-hydrogen) atoms. The van der Waals surface area contributed by atoms with E-state index in [2.05, 4.69) is 57.6 Å². The fourth-order valence-electron chi connectivity index (χ4n) is 13.5. The second-order valence-electron chi connectivity index (χ2n) is 28.1. The van der Waals surface area contributed by atoms with Crippen LogP contribution in [0.15, 0.2) is 389 Å². The minimum absolute atomic E-state index is 0.157. The van der Waals surface area contributed by atoms with Gasteiger partial charge in [-0.1, -0.05) is 206 Å². The van der Waals surface area contributed by atoms with Crippen molar-refractivity contribution >= 4 is 106 Å². The Morgan fingerprint density at radius 3 is 1.00 bits per heavy atom. The molecule has 0 spiro atoms. The number of nitrogens with one attached hydrogen (secondary N) is 5. The first-order valence-corrected chi connectivity index (χ1v) is 40.2. The number of hydrogen-bond donors (Lipinski definition) is 6. The summed E-state index contributed by atoms with van der Waals surface area (Å²) < 4.78 is 5.22. The van der Waals surface area contributed by atoms with Gasteiger partial charge in [0, 0.05) is 134 Å². The number of hydrogen-bond acceptors (Lipinski definition) is 21. The average molecular weight is 1620 g/mol. The predicted octanol–water partition coefficient (Wildman–Crippen LogP) is 22.7. The maximum atomic E-state index is 9.09. The summed E-state index contributed by atoms with van der Waals surface area (Å²) in [6, 6.07) is 119. The van der Waals surface area contributed by atoms with E-state index in [0.717, 1.165) is 170 Å². The van der Waals surface area contributed by atoms with Crippen LogP contribution >= 0.6 is 0 Å². The van der Waals surface area contributed by atoms with Crippen molar-refractivity contribution in [2.75, 3.05) is 46.8 Å². The molecule has 6 N–H and O–H groups in total. The van der Waals surface area contributed by atoms with Crippen LogP contribution in [0, 0.1) is 11.3 Å². The summed E-state index contributed by atoms with van der Waals surface area (Å²) in [4.78, 5) is 59.6. The number of pyridine rings is 3. The SMILES string of the molecule is COc1ccc(-c2nc(Nc3ccncc3)c3ccccc3n2)cc1.N#Cc1cccc(Nc2nc(-c3ccccc3)nc3ccccc23)c1.OCCc1ccc(Nc2nc(-c3ccccc3)nc3ccccc23)cc1.c1ccc(-c2nc(NCCc3ccccn3)c3ccccc3n2)cc1.c1ccc(-c2nc(Nc3ccncc3)c3ccccc3n2)cc1. The smallest absolute Gasteiger partial charge is 0.162 e. The molecule has 21 nitrogen and oxygen atoms in total. The second-order valence-corrected chi connectivity index (χ2v) is 28.1. The van der Waals surface area contributed by atoms with Crippen LogP contribution in [0.2, 0.25) is 0 Å². The van der Waals surface area contributed by atoms with Crippen LogP contribution in [0.25, 0.3) is 111 Å². The zero-order chi connectivity index (χ0) is 84.3. The Balaban J connectivity index is 0.000000115. The predicted molar refractivity (Wildman–Crippen MR) is 498 cm³/mol. The third-order valence-electron chi connectivity index (χ3n) is 19.6. The van der Waals surface area contributed by atoms with Crippen molar-refractivity contribution in [1.29, 1.82) is 5.26 Å². The summed E-state index contributed by atoms with van der Waals surface area (Å²) in [5, 5.41) is 40.0. The molecule has 0 bridgehead atoms. The van der Waals surface area contributed by atoms with Crippen molar-refractivity contribution in [3.63, 3.8) is 0 Å². The van der Waals surface area contributed by atoms with Crippen molar-refractivity contribution < 1.29 is 9.84 Å². The van der Waals surface area contributed by atoms with Gasteiger partial charge in [0.2, 0.25) is 0 Å². The molecule has 600 valence electrons. The van der Waals surface area contributed by atoms with Gasteiger partial charge in [-0.3, -0.25) is 15.0 Å². The Bertz CT molecular complexity index is 6960. The van der Waals surface area contributed by atoms with Gasteiger partial charge < -0.3 is 36.4 Å². The molecule has 0 aliphatic carbocycles. The number of nitriles is 1.